The van der Waals surface area contributed by atoms with Gasteiger partial charge < -0.3 is 16.4 Å². The Morgan fingerprint density at radius 1 is 0.500 bits per heavy atom. The van der Waals surface area contributed by atoms with Gasteiger partial charge in [-0.15, -0.1) is 0 Å². The van der Waals surface area contributed by atoms with Gasteiger partial charge in [-0.2, -0.15) is 0 Å². The van der Waals surface area contributed by atoms with Crippen molar-refractivity contribution >= 4 is 0 Å². The fraction of sp³-hybridized carbons (Fsp3) is 0. The van der Waals surface area contributed by atoms with Crippen LogP contribution < -0.4 is 0 Å². The summed E-state index contributed by atoms with van der Waals surface area (Å²) in [4.78, 5) is 0. The third-order valence-corrected chi connectivity index (χ3v) is 0. The van der Waals surface area contributed by atoms with Crippen molar-refractivity contribution in [3.05, 3.63) is 0 Å². The first-order chi connectivity index (χ1) is 0. The topological polar surface area (TPSA) is 85.5 Å². The normalized spacial score (nSPS) is 0. The van der Waals surface area contributed by atoms with Crippen LogP contribution in [0.25, 0.3) is 0 Å². The zero-order valence-electron chi connectivity index (χ0n) is 2.36. The van der Waals surface area contributed by atoms with Crippen molar-refractivity contribution in [2.45, 2.75) is 0 Å². The Balaban J connectivity index is 0. The van der Waals surface area contributed by atoms with Crippen LogP contribution in [-0.2, 0) is 50.6 Å². The van der Waals surface area contributed by atoms with Crippen molar-refractivity contribution in [3.63, 3.8) is 0 Å². The molecule has 0 aromatic heterocycles. The standard InChI is InChI=1S/F.2Mn.3O/q;2*+3;3*-2. The van der Waals surface area contributed by atoms with Gasteiger partial charge in [-0.05, 0) is 0 Å². The predicted octanol–water partition coefficient (Wildman–Crippen LogP) is 0.0588. The van der Waals surface area contributed by atoms with Gasteiger partial charge in [0.25, 0.3) is 0 Å². The van der Waals surface area contributed by atoms with Crippen LogP contribution in [-0.4, -0.2) is 0 Å². The fourth-order valence-electron chi connectivity index (χ4n) is 0. The van der Waals surface area contributed by atoms with E-state index in [0.717, 1.165) is 0 Å². The summed E-state index contributed by atoms with van der Waals surface area (Å²) in [6, 6.07) is 0. The van der Waals surface area contributed by atoms with E-state index in [2.05, 4.69) is 0 Å². The molecule has 0 spiro atoms. The summed E-state index contributed by atoms with van der Waals surface area (Å²) in [5.41, 5.74) is 0. The number of rotatable bonds is 0. The molecule has 0 aliphatic heterocycles. The molecule has 0 bridgehead atoms. The Kier molecular flexibility index (Phi) is 10300. The molecule has 6 heavy (non-hydrogen) atoms. The molecule has 0 aliphatic rings. The predicted molar refractivity (Wildman–Crippen MR) is 3.17 cm³/mol. The van der Waals surface area contributed by atoms with Crippen LogP contribution in [0.1, 0.15) is 0 Å². The van der Waals surface area contributed by atoms with Crippen molar-refractivity contribution in [3.8, 4) is 0 Å². The molecule has 0 aromatic rings. The molecule has 1 radical (unpaired) electrons. The van der Waals surface area contributed by atoms with Crippen LogP contribution in [0.4, 0.5) is 4.70 Å². The molecule has 0 atom stereocenters. The van der Waals surface area contributed by atoms with Gasteiger partial charge in [-0.3, -0.25) is 0 Å². The summed E-state index contributed by atoms with van der Waals surface area (Å²) in [7, 11) is 0. The van der Waals surface area contributed by atoms with Crippen molar-refractivity contribution < 1.29 is 55.3 Å². The van der Waals surface area contributed by atoms with Gasteiger partial charge in [0.05, 0.1) is 0 Å². The minimum absolute atomic E-state index is 0. The molecule has 3 nitrogen and oxygen atoms in total. The van der Waals surface area contributed by atoms with Gasteiger partial charge in [-0.25, -0.2) is 0 Å². The molecule has 0 amide bonds. The van der Waals surface area contributed by atoms with Crippen LogP contribution in [0.2, 0.25) is 0 Å². The van der Waals surface area contributed by atoms with Crippen LogP contribution in [0.15, 0.2) is 0 Å². The van der Waals surface area contributed by atoms with Crippen LogP contribution in [0.5, 0.6) is 0 Å². The van der Waals surface area contributed by atoms with Gasteiger partial charge in [0.1, 0.15) is 0 Å². The molecule has 0 saturated heterocycles. The third-order valence-electron chi connectivity index (χ3n) is 0. The number of halogens is 1. The van der Waals surface area contributed by atoms with Crippen LogP contribution in [0.3, 0.4) is 0 Å². The molecule has 0 N–H and O–H groups in total. The van der Waals surface area contributed by atoms with E-state index in [1.165, 1.54) is 0 Å². The molecule has 0 unspecified atom stereocenters. The fourth-order valence-corrected chi connectivity index (χ4v) is 0. The van der Waals surface area contributed by atoms with Crippen LogP contribution >= 0.6 is 0 Å². The zero-order chi connectivity index (χ0) is 0. The van der Waals surface area contributed by atoms with Gasteiger partial charge >= 0.3 is 34.1 Å². The van der Waals surface area contributed by atoms with E-state index in [4.69, 9.17) is 0 Å². The van der Waals surface area contributed by atoms with E-state index in [9.17, 15) is 0 Å². The summed E-state index contributed by atoms with van der Waals surface area (Å²) < 4.78 is 0. The molecule has 0 heterocycles. The molecule has 39 valence electrons. The average molecular weight is 177 g/mol. The molecule has 6 heteroatoms. The van der Waals surface area contributed by atoms with Crippen molar-refractivity contribution in [2.24, 2.45) is 0 Å². The SMILES string of the molecule is [F].[Mn+3].[Mn+3].[O-2].[O-2].[O-2]. The summed E-state index contributed by atoms with van der Waals surface area (Å²) in [6.07, 6.45) is 0. The summed E-state index contributed by atoms with van der Waals surface area (Å²) >= 11 is 0. The van der Waals surface area contributed by atoms with Gasteiger partial charge in [0, 0.05) is 4.70 Å². The van der Waals surface area contributed by atoms with E-state index < -0.39 is 0 Å². The molecule has 0 fully saturated rings. The maximum absolute atomic E-state index is 0. The first-order valence-electron chi connectivity index (χ1n) is 0. The number of hydrogen-bond donors (Lipinski definition) is 0. The van der Waals surface area contributed by atoms with Crippen molar-refractivity contribution in [1.82, 2.24) is 0 Å². The molecule has 0 aliphatic carbocycles. The molecule has 0 rings (SSSR count). The van der Waals surface area contributed by atoms with E-state index in [1.54, 1.807) is 0 Å². The quantitative estimate of drug-likeness (QED) is 0.468. The van der Waals surface area contributed by atoms with E-state index in [1.807, 2.05) is 0 Å². The minimum atomic E-state index is 0. The van der Waals surface area contributed by atoms with Gasteiger partial charge in [0.15, 0.2) is 0 Å². The first-order valence-corrected chi connectivity index (χ1v) is 0. The molecular formula is FMn2O3. The first kappa shape index (κ1) is 325. The maximum Gasteiger partial charge on any atom is 3.00 e. The Morgan fingerprint density at radius 2 is 0.500 bits per heavy atom. The number of hydrogen-bond acceptors (Lipinski definition) is 0. The summed E-state index contributed by atoms with van der Waals surface area (Å²) in [5, 5.41) is 0. The summed E-state index contributed by atoms with van der Waals surface area (Å²) in [6.45, 7) is 0. The van der Waals surface area contributed by atoms with Gasteiger partial charge in [-0.1, -0.05) is 0 Å². The summed E-state index contributed by atoms with van der Waals surface area (Å²) in [5.74, 6) is 0. The minimum Gasteiger partial charge on any atom is -2.00 e. The van der Waals surface area contributed by atoms with E-state index in [-0.39, 0.29) is 55.3 Å². The largest absolute Gasteiger partial charge is 3.00 e. The average Bonchev–Trinajstić information content (AvgIpc) is 0. The second-order valence-corrected chi connectivity index (χ2v) is 0. The van der Waals surface area contributed by atoms with E-state index in [0.29, 0.717) is 0 Å². The van der Waals surface area contributed by atoms with Crippen molar-refractivity contribution in [2.75, 3.05) is 0 Å². The zero-order valence-corrected chi connectivity index (χ0v) is 4.72. The second-order valence-electron chi connectivity index (χ2n) is 0. The second kappa shape index (κ2) is 191. The Labute approximate surface area is 55.7 Å². The monoisotopic (exact) mass is 177 g/mol. The van der Waals surface area contributed by atoms with Crippen molar-refractivity contribution in [1.29, 1.82) is 0 Å². The third kappa shape index (κ3) is 99.7. The van der Waals surface area contributed by atoms with Crippen LogP contribution in [0, 0.1) is 0 Å². The molecular weight excluding hydrogens is 177 g/mol. The Morgan fingerprint density at radius 3 is 0.500 bits per heavy atom. The molecule has 0 aromatic carbocycles. The maximum atomic E-state index is 0. The Bertz CT molecular complexity index is 8.75. The van der Waals surface area contributed by atoms with E-state index >= 15 is 0 Å². The Hall–Kier alpha value is 0.849. The smallest absolute Gasteiger partial charge is 2.00 e. The molecule has 0 saturated carbocycles. The van der Waals surface area contributed by atoms with Gasteiger partial charge in [0.2, 0.25) is 0 Å².